The number of carbonyl (C=O) groups is 2. The molecule has 7 heteroatoms. The highest BCUT2D eigenvalue weighted by atomic mass is 16.5. The number of esters is 1. The second-order valence-electron chi connectivity index (χ2n) is 6.12. The fraction of sp³-hybridized carbons (Fsp3) is 0.200. The van der Waals surface area contributed by atoms with E-state index in [0.29, 0.717) is 41.5 Å². The number of benzene rings is 2. The lowest BCUT2D eigenvalue weighted by Crippen LogP contribution is -2.12. The lowest BCUT2D eigenvalue weighted by atomic mass is 10.1. The van der Waals surface area contributed by atoms with Crippen LogP contribution in [0.4, 0.5) is 5.69 Å². The van der Waals surface area contributed by atoms with Gasteiger partial charge < -0.3 is 24.5 Å². The molecule has 1 aliphatic rings. The molecule has 0 radical (unpaired) electrons. The van der Waals surface area contributed by atoms with Crippen molar-refractivity contribution in [3.05, 3.63) is 53.7 Å². The average Bonchev–Trinajstić information content (AvgIpc) is 2.96. The summed E-state index contributed by atoms with van der Waals surface area (Å²) in [5.74, 6) is 0.546. The quantitative estimate of drug-likeness (QED) is 0.694. The molecule has 2 N–H and O–H groups in total. The van der Waals surface area contributed by atoms with E-state index in [1.54, 1.807) is 42.6 Å². The van der Waals surface area contributed by atoms with E-state index in [-0.39, 0.29) is 5.91 Å². The molecule has 138 valence electrons. The number of amides is 1. The molecule has 0 aliphatic carbocycles. The van der Waals surface area contributed by atoms with Gasteiger partial charge in [0.1, 0.15) is 0 Å². The highest BCUT2D eigenvalue weighted by Gasteiger charge is 2.16. The van der Waals surface area contributed by atoms with Crippen LogP contribution in [0.15, 0.2) is 42.6 Å². The van der Waals surface area contributed by atoms with Gasteiger partial charge in [0, 0.05) is 34.8 Å². The Bertz CT molecular complexity index is 1020. The second kappa shape index (κ2) is 7.03. The lowest BCUT2D eigenvalue weighted by molar-refractivity contribution is 0.0603. The molecule has 27 heavy (non-hydrogen) atoms. The first-order valence-corrected chi connectivity index (χ1v) is 8.56. The van der Waals surface area contributed by atoms with E-state index in [1.165, 1.54) is 7.11 Å². The summed E-state index contributed by atoms with van der Waals surface area (Å²) in [7, 11) is 1.34. The van der Waals surface area contributed by atoms with Crippen molar-refractivity contribution in [1.82, 2.24) is 4.98 Å². The maximum Gasteiger partial charge on any atom is 0.340 e. The summed E-state index contributed by atoms with van der Waals surface area (Å²) < 4.78 is 16.0. The number of rotatable bonds is 3. The van der Waals surface area contributed by atoms with Crippen LogP contribution in [0.1, 0.15) is 27.1 Å². The number of anilines is 1. The Morgan fingerprint density at radius 1 is 1.07 bits per heavy atom. The fourth-order valence-electron chi connectivity index (χ4n) is 2.99. The van der Waals surface area contributed by atoms with Crippen LogP contribution >= 0.6 is 0 Å². The highest BCUT2D eigenvalue weighted by Crippen LogP contribution is 2.31. The molecule has 1 aromatic heterocycles. The SMILES string of the molecule is COC(=O)c1c[nH]c2cc(NC(=O)c3ccc4c(c3)OCCCO4)ccc12. The van der Waals surface area contributed by atoms with Crippen molar-refractivity contribution in [3.63, 3.8) is 0 Å². The number of hydrogen-bond donors (Lipinski definition) is 2. The molecule has 0 unspecified atom stereocenters. The van der Waals surface area contributed by atoms with E-state index in [4.69, 9.17) is 14.2 Å². The van der Waals surface area contributed by atoms with Gasteiger partial charge in [0.25, 0.3) is 5.91 Å². The van der Waals surface area contributed by atoms with E-state index in [2.05, 4.69) is 10.3 Å². The number of carbonyl (C=O) groups excluding carboxylic acids is 2. The topological polar surface area (TPSA) is 89.7 Å². The van der Waals surface area contributed by atoms with Crippen LogP contribution in [0, 0.1) is 0 Å². The average molecular weight is 366 g/mol. The molecule has 1 amide bonds. The van der Waals surface area contributed by atoms with Crippen LogP contribution in [-0.4, -0.2) is 37.2 Å². The van der Waals surface area contributed by atoms with Crippen LogP contribution in [0.3, 0.4) is 0 Å². The summed E-state index contributed by atoms with van der Waals surface area (Å²) in [6.45, 7) is 1.16. The highest BCUT2D eigenvalue weighted by molar-refractivity contribution is 6.07. The maximum atomic E-state index is 12.6. The van der Waals surface area contributed by atoms with Crippen molar-refractivity contribution in [3.8, 4) is 11.5 Å². The van der Waals surface area contributed by atoms with Gasteiger partial charge in [0.05, 0.1) is 25.9 Å². The molecule has 2 heterocycles. The number of aromatic amines is 1. The standard InChI is InChI=1S/C20H18N2O5/c1-25-20(24)15-11-21-16-10-13(4-5-14(15)16)22-19(23)12-3-6-17-18(9-12)27-8-2-7-26-17/h3-6,9-11,21H,2,7-8H2,1H3,(H,22,23). The Kier molecular flexibility index (Phi) is 4.42. The molecular formula is C20H18N2O5. The normalized spacial score (nSPS) is 13.1. The van der Waals surface area contributed by atoms with E-state index in [9.17, 15) is 9.59 Å². The Morgan fingerprint density at radius 2 is 1.89 bits per heavy atom. The van der Waals surface area contributed by atoms with Crippen LogP contribution in [0.5, 0.6) is 11.5 Å². The third-order valence-electron chi connectivity index (χ3n) is 4.35. The summed E-state index contributed by atoms with van der Waals surface area (Å²) in [6, 6.07) is 10.4. The Labute approximate surface area is 155 Å². The van der Waals surface area contributed by atoms with Gasteiger partial charge in [-0.05, 0) is 36.4 Å². The second-order valence-corrected chi connectivity index (χ2v) is 6.12. The molecule has 0 atom stereocenters. The number of H-pyrrole nitrogens is 1. The van der Waals surface area contributed by atoms with Gasteiger partial charge in [-0.2, -0.15) is 0 Å². The summed E-state index contributed by atoms with van der Waals surface area (Å²) in [5.41, 5.74) is 2.26. The molecule has 0 spiro atoms. The van der Waals surface area contributed by atoms with Crippen molar-refractivity contribution >= 4 is 28.5 Å². The van der Waals surface area contributed by atoms with Gasteiger partial charge in [0.2, 0.25) is 0 Å². The van der Waals surface area contributed by atoms with Gasteiger partial charge in [-0.1, -0.05) is 0 Å². The molecule has 0 saturated carbocycles. The third kappa shape index (κ3) is 3.31. The number of fused-ring (bicyclic) bond motifs is 2. The molecule has 3 aromatic rings. The Morgan fingerprint density at radius 3 is 2.70 bits per heavy atom. The largest absolute Gasteiger partial charge is 0.490 e. The first kappa shape index (κ1) is 17.0. The summed E-state index contributed by atoms with van der Waals surface area (Å²) in [4.78, 5) is 27.3. The molecule has 0 bridgehead atoms. The molecular weight excluding hydrogens is 348 g/mol. The number of nitrogens with one attached hydrogen (secondary N) is 2. The van der Waals surface area contributed by atoms with Crippen molar-refractivity contribution in [2.75, 3.05) is 25.6 Å². The summed E-state index contributed by atoms with van der Waals surface area (Å²) in [5, 5.41) is 3.59. The third-order valence-corrected chi connectivity index (χ3v) is 4.35. The number of aromatic nitrogens is 1. The Balaban J connectivity index is 1.56. The van der Waals surface area contributed by atoms with Gasteiger partial charge in [-0.3, -0.25) is 4.79 Å². The maximum absolute atomic E-state index is 12.6. The summed E-state index contributed by atoms with van der Waals surface area (Å²) >= 11 is 0. The van der Waals surface area contributed by atoms with Crippen LogP contribution in [0.2, 0.25) is 0 Å². The smallest absolute Gasteiger partial charge is 0.340 e. The molecule has 4 rings (SSSR count). The van der Waals surface area contributed by atoms with E-state index < -0.39 is 5.97 Å². The van der Waals surface area contributed by atoms with Crippen molar-refractivity contribution in [1.29, 1.82) is 0 Å². The van der Waals surface area contributed by atoms with E-state index in [0.717, 1.165) is 17.3 Å². The molecule has 0 fully saturated rings. The minimum atomic E-state index is -0.412. The zero-order valence-electron chi connectivity index (χ0n) is 14.7. The first-order chi connectivity index (χ1) is 13.2. The molecule has 7 nitrogen and oxygen atoms in total. The zero-order chi connectivity index (χ0) is 18.8. The molecule has 1 aliphatic heterocycles. The predicted molar refractivity (Wildman–Crippen MR) is 99.6 cm³/mol. The molecule has 2 aromatic carbocycles. The predicted octanol–water partition coefficient (Wildman–Crippen LogP) is 3.37. The number of hydrogen-bond acceptors (Lipinski definition) is 5. The van der Waals surface area contributed by atoms with Crippen molar-refractivity contribution in [2.45, 2.75) is 6.42 Å². The van der Waals surface area contributed by atoms with Gasteiger partial charge in [-0.25, -0.2) is 4.79 Å². The Hall–Kier alpha value is -3.48. The van der Waals surface area contributed by atoms with Gasteiger partial charge in [-0.15, -0.1) is 0 Å². The van der Waals surface area contributed by atoms with Crippen LogP contribution in [0.25, 0.3) is 10.9 Å². The van der Waals surface area contributed by atoms with Crippen molar-refractivity contribution in [2.24, 2.45) is 0 Å². The number of methoxy groups -OCH3 is 1. The zero-order valence-corrected chi connectivity index (χ0v) is 14.7. The van der Waals surface area contributed by atoms with Gasteiger partial charge in [0.15, 0.2) is 11.5 Å². The number of ether oxygens (including phenoxy) is 3. The van der Waals surface area contributed by atoms with Crippen LogP contribution in [-0.2, 0) is 4.74 Å². The fourth-order valence-corrected chi connectivity index (χ4v) is 2.99. The monoisotopic (exact) mass is 366 g/mol. The van der Waals surface area contributed by atoms with Gasteiger partial charge >= 0.3 is 5.97 Å². The minimum absolute atomic E-state index is 0.259. The molecule has 0 saturated heterocycles. The van der Waals surface area contributed by atoms with E-state index in [1.807, 2.05) is 0 Å². The van der Waals surface area contributed by atoms with Crippen molar-refractivity contribution < 1.29 is 23.8 Å². The summed E-state index contributed by atoms with van der Waals surface area (Å²) in [6.07, 6.45) is 2.39. The minimum Gasteiger partial charge on any atom is -0.490 e. The lowest BCUT2D eigenvalue weighted by Gasteiger charge is -2.10. The van der Waals surface area contributed by atoms with Crippen LogP contribution < -0.4 is 14.8 Å². The first-order valence-electron chi connectivity index (χ1n) is 8.56. The van der Waals surface area contributed by atoms with E-state index >= 15 is 0 Å².